The van der Waals surface area contributed by atoms with Gasteiger partial charge >= 0.3 is 0 Å². The van der Waals surface area contributed by atoms with E-state index in [1.807, 2.05) is 51.1 Å². The van der Waals surface area contributed by atoms with Crippen molar-refractivity contribution in [3.05, 3.63) is 101 Å². The van der Waals surface area contributed by atoms with Crippen LogP contribution in [0.25, 0.3) is 6.08 Å². The fourth-order valence-corrected chi connectivity index (χ4v) is 2.84. The van der Waals surface area contributed by atoms with Crippen molar-refractivity contribution >= 4 is 23.5 Å². The van der Waals surface area contributed by atoms with E-state index in [2.05, 4.69) is 19.7 Å². The second kappa shape index (κ2) is 9.80. The van der Waals surface area contributed by atoms with E-state index in [-0.39, 0.29) is 5.78 Å². The molecule has 2 rings (SSSR count). The average Bonchev–Trinajstić information content (AvgIpc) is 2.61. The first kappa shape index (κ1) is 20.7. The summed E-state index contributed by atoms with van der Waals surface area (Å²) in [5, 5.41) is 0.374. The maximum Gasteiger partial charge on any atom is 0.193 e. The van der Waals surface area contributed by atoms with Gasteiger partial charge in [-0.2, -0.15) is 0 Å². The first-order valence-electron chi connectivity index (χ1n) is 8.35. The molecule has 0 fully saturated rings. The van der Waals surface area contributed by atoms with Gasteiger partial charge in [-0.3, -0.25) is 4.79 Å². The third kappa shape index (κ3) is 4.80. The van der Waals surface area contributed by atoms with Crippen molar-refractivity contribution in [2.24, 2.45) is 0 Å². The van der Waals surface area contributed by atoms with E-state index in [4.69, 9.17) is 11.6 Å². The maximum atomic E-state index is 13.0. The van der Waals surface area contributed by atoms with Crippen molar-refractivity contribution in [3.8, 4) is 0 Å². The molecule has 1 aliphatic carbocycles. The van der Waals surface area contributed by atoms with Gasteiger partial charge in [0.15, 0.2) is 5.78 Å². The summed E-state index contributed by atoms with van der Waals surface area (Å²) in [7, 11) is 0. The summed E-state index contributed by atoms with van der Waals surface area (Å²) in [6.07, 6.45) is 11.5. The predicted octanol–water partition coefficient (Wildman–Crippen LogP) is 6.75. The Balaban J connectivity index is 0.00000151. The topological polar surface area (TPSA) is 17.1 Å². The Kier molecular flexibility index (Phi) is 8.10. The van der Waals surface area contributed by atoms with Crippen LogP contribution in [0.3, 0.4) is 0 Å². The van der Waals surface area contributed by atoms with Crippen LogP contribution in [0.5, 0.6) is 0 Å². The third-order valence-electron chi connectivity index (χ3n) is 3.85. The van der Waals surface area contributed by atoms with Crippen LogP contribution in [-0.2, 0) is 6.42 Å². The molecule has 0 radical (unpaired) electrons. The molecule has 1 aliphatic rings. The summed E-state index contributed by atoms with van der Waals surface area (Å²) < 4.78 is 0. The number of hydrogen-bond acceptors (Lipinski definition) is 1. The van der Waals surface area contributed by atoms with E-state index in [9.17, 15) is 4.79 Å². The number of Topliss-reactive ketones (excluding diaryl/α,β-unsaturated/α-hetero) is 1. The molecular formula is C23H25ClO. The number of carbonyl (C=O) groups excluding carboxylic acids is 1. The molecule has 0 spiro atoms. The SMILES string of the molecule is C=C/C=C\c1ccc2c(c1C)C(=O)C(/C(C=C)=C/C(=C)Cl)=CC2.CC. The lowest BCUT2D eigenvalue weighted by Crippen LogP contribution is -2.15. The van der Waals surface area contributed by atoms with Gasteiger partial charge in [-0.25, -0.2) is 0 Å². The summed E-state index contributed by atoms with van der Waals surface area (Å²) in [6.45, 7) is 17.1. The van der Waals surface area contributed by atoms with Gasteiger partial charge in [-0.15, -0.1) is 0 Å². The molecule has 0 aliphatic heterocycles. The number of carbonyl (C=O) groups is 1. The highest BCUT2D eigenvalue weighted by atomic mass is 35.5. The molecule has 0 saturated carbocycles. The summed E-state index contributed by atoms with van der Waals surface area (Å²) in [5.74, 6) is 0.00155. The normalized spacial score (nSPS) is 13.5. The Morgan fingerprint density at radius 1 is 1.24 bits per heavy atom. The van der Waals surface area contributed by atoms with Crippen molar-refractivity contribution in [2.45, 2.75) is 27.2 Å². The molecule has 1 nitrogen and oxygen atoms in total. The van der Waals surface area contributed by atoms with Crippen molar-refractivity contribution in [2.75, 3.05) is 0 Å². The van der Waals surface area contributed by atoms with Gasteiger partial charge < -0.3 is 0 Å². The zero-order valence-electron chi connectivity index (χ0n) is 15.2. The van der Waals surface area contributed by atoms with Crippen molar-refractivity contribution < 1.29 is 4.79 Å². The molecule has 25 heavy (non-hydrogen) atoms. The average molecular weight is 353 g/mol. The zero-order chi connectivity index (χ0) is 19.0. The smallest absolute Gasteiger partial charge is 0.193 e. The minimum absolute atomic E-state index is 0.00155. The Bertz CT molecular complexity index is 789. The lowest BCUT2D eigenvalue weighted by atomic mass is 9.83. The Labute approximate surface area is 156 Å². The third-order valence-corrected chi connectivity index (χ3v) is 3.96. The van der Waals surface area contributed by atoms with Crippen LogP contribution in [0.2, 0.25) is 0 Å². The first-order valence-corrected chi connectivity index (χ1v) is 8.72. The van der Waals surface area contributed by atoms with Crippen molar-refractivity contribution in [1.29, 1.82) is 0 Å². The first-order chi connectivity index (χ1) is 12.0. The number of fused-ring (bicyclic) bond motifs is 1. The fraction of sp³-hybridized carbons (Fsp3) is 0.174. The zero-order valence-corrected chi connectivity index (χ0v) is 16.0. The molecule has 0 atom stereocenters. The van der Waals surface area contributed by atoms with Crippen LogP contribution in [0.1, 0.15) is 40.9 Å². The Morgan fingerprint density at radius 2 is 1.92 bits per heavy atom. The molecule has 0 N–H and O–H groups in total. The van der Waals surface area contributed by atoms with Gasteiger partial charge in [0.05, 0.1) is 0 Å². The van der Waals surface area contributed by atoms with Crippen LogP contribution in [-0.4, -0.2) is 5.78 Å². The fourth-order valence-electron chi connectivity index (χ4n) is 2.73. The molecule has 0 heterocycles. The van der Waals surface area contributed by atoms with Gasteiger partial charge in [0.25, 0.3) is 0 Å². The number of hydrogen-bond donors (Lipinski definition) is 0. The molecular weight excluding hydrogens is 328 g/mol. The van der Waals surface area contributed by atoms with E-state index < -0.39 is 0 Å². The number of halogens is 1. The summed E-state index contributed by atoms with van der Waals surface area (Å²) >= 11 is 5.86. The molecule has 130 valence electrons. The second-order valence-electron chi connectivity index (χ2n) is 5.31. The molecule has 0 unspecified atom stereocenters. The van der Waals surface area contributed by atoms with Crippen LogP contribution >= 0.6 is 11.6 Å². The monoisotopic (exact) mass is 352 g/mol. The maximum absolute atomic E-state index is 13.0. The van der Waals surface area contributed by atoms with Crippen LogP contribution < -0.4 is 0 Å². The summed E-state index contributed by atoms with van der Waals surface area (Å²) in [4.78, 5) is 13.0. The van der Waals surface area contributed by atoms with E-state index >= 15 is 0 Å². The van der Waals surface area contributed by atoms with E-state index in [1.165, 1.54) is 0 Å². The van der Waals surface area contributed by atoms with Crippen LogP contribution in [0, 0.1) is 6.92 Å². The van der Waals surface area contributed by atoms with E-state index in [1.54, 1.807) is 18.2 Å². The number of ketones is 1. The molecule has 2 heteroatoms. The molecule has 0 saturated heterocycles. The molecule has 0 amide bonds. The van der Waals surface area contributed by atoms with Crippen LogP contribution in [0.4, 0.5) is 0 Å². The minimum atomic E-state index is 0.00155. The van der Waals surface area contributed by atoms with Crippen LogP contribution in [0.15, 0.2) is 78.4 Å². The lowest BCUT2D eigenvalue weighted by molar-refractivity contribution is 0.103. The highest BCUT2D eigenvalue weighted by Gasteiger charge is 2.24. The number of rotatable bonds is 5. The molecule has 0 bridgehead atoms. The van der Waals surface area contributed by atoms with Gasteiger partial charge in [0, 0.05) is 16.2 Å². The van der Waals surface area contributed by atoms with E-state index in [0.29, 0.717) is 22.6 Å². The predicted molar refractivity (Wildman–Crippen MR) is 111 cm³/mol. The Hall–Kier alpha value is -2.38. The minimum Gasteiger partial charge on any atom is -0.289 e. The lowest BCUT2D eigenvalue weighted by Gasteiger charge is -2.20. The quantitative estimate of drug-likeness (QED) is 0.535. The van der Waals surface area contributed by atoms with Gasteiger partial charge in [0.2, 0.25) is 0 Å². The molecule has 0 aromatic heterocycles. The summed E-state index contributed by atoms with van der Waals surface area (Å²) in [5.41, 5.74) is 5.13. The second-order valence-corrected chi connectivity index (χ2v) is 5.80. The standard InChI is InChI=1S/C21H19ClO.C2H6/c1-5-7-8-17-9-10-18-11-12-19(16(6-2)13-14(3)22)21(23)20(18)15(17)4;1-2/h5-10,12-13H,1-3,11H2,4H3;1-2H3/b8-7-,16-13+;. The van der Waals surface area contributed by atoms with E-state index in [0.717, 1.165) is 22.3 Å². The van der Waals surface area contributed by atoms with Gasteiger partial charge in [-0.05, 0) is 41.7 Å². The van der Waals surface area contributed by atoms with Gasteiger partial charge in [0.1, 0.15) is 0 Å². The number of allylic oxidation sites excluding steroid dienone is 8. The van der Waals surface area contributed by atoms with Gasteiger partial charge in [-0.1, -0.05) is 87.7 Å². The molecule has 1 aromatic carbocycles. The largest absolute Gasteiger partial charge is 0.289 e. The summed E-state index contributed by atoms with van der Waals surface area (Å²) in [6, 6.07) is 4.04. The Morgan fingerprint density at radius 3 is 2.48 bits per heavy atom. The highest BCUT2D eigenvalue weighted by Crippen LogP contribution is 2.31. The molecule has 1 aromatic rings. The van der Waals surface area contributed by atoms with Crippen molar-refractivity contribution in [1.82, 2.24) is 0 Å². The highest BCUT2D eigenvalue weighted by molar-refractivity contribution is 6.31. The van der Waals surface area contributed by atoms with Crippen molar-refractivity contribution in [3.63, 3.8) is 0 Å². The number of benzene rings is 1.